The van der Waals surface area contributed by atoms with E-state index in [2.05, 4.69) is 0 Å². The van der Waals surface area contributed by atoms with Crippen LogP contribution in [0, 0.1) is 24.7 Å². The first-order chi connectivity index (χ1) is 17.2. The van der Waals surface area contributed by atoms with E-state index in [1.807, 2.05) is 94.4 Å². The normalized spacial score (nSPS) is 26.8. The number of carbonyl (C=O) groups excluding carboxylic acids is 2. The Morgan fingerprint density at radius 1 is 0.667 bits per heavy atom. The summed E-state index contributed by atoms with van der Waals surface area (Å²) in [5, 5.41) is 12.8. The van der Waals surface area contributed by atoms with Crippen molar-refractivity contribution in [1.82, 2.24) is 0 Å². The summed E-state index contributed by atoms with van der Waals surface area (Å²) in [6, 6.07) is 22.7. The molecular formula is C29H25ClN4O2. The summed E-state index contributed by atoms with van der Waals surface area (Å²) in [7, 11) is 0. The van der Waals surface area contributed by atoms with Crippen molar-refractivity contribution in [2.45, 2.75) is 33.6 Å². The minimum Gasteiger partial charge on any atom is -0.271 e. The van der Waals surface area contributed by atoms with Crippen LogP contribution in [0.5, 0.6) is 0 Å². The second-order valence-electron chi connectivity index (χ2n) is 9.85. The molecule has 180 valence electrons. The highest BCUT2D eigenvalue weighted by molar-refractivity contribution is 6.38. The zero-order valence-electron chi connectivity index (χ0n) is 20.5. The number of halogens is 1. The third-order valence-electron chi connectivity index (χ3n) is 7.88. The summed E-state index contributed by atoms with van der Waals surface area (Å²) < 4.78 is 0. The zero-order chi connectivity index (χ0) is 25.4. The molecule has 2 atom stereocenters. The number of hydrogen-bond donors (Lipinski definition) is 0. The van der Waals surface area contributed by atoms with E-state index in [0.29, 0.717) is 27.8 Å². The lowest BCUT2D eigenvalue weighted by Gasteiger charge is -2.19. The van der Waals surface area contributed by atoms with Gasteiger partial charge in [-0.1, -0.05) is 65.2 Å². The predicted molar refractivity (Wildman–Crippen MR) is 143 cm³/mol. The van der Waals surface area contributed by atoms with Gasteiger partial charge >= 0.3 is 0 Å². The minimum absolute atomic E-state index is 0.234. The van der Waals surface area contributed by atoms with Crippen LogP contribution in [0.3, 0.4) is 0 Å². The molecule has 1 saturated carbocycles. The first-order valence-electron chi connectivity index (χ1n) is 11.9. The minimum atomic E-state index is -1.20. The summed E-state index contributed by atoms with van der Waals surface area (Å²) in [6.07, 6.45) is 0. The molecule has 3 aromatic carbocycles. The number of hydrazone groups is 2. The smallest absolute Gasteiger partial charge is 0.261 e. The summed E-state index contributed by atoms with van der Waals surface area (Å²) in [5.41, 5.74) is 3.02. The van der Waals surface area contributed by atoms with Gasteiger partial charge in [0.25, 0.3) is 11.8 Å². The number of fused-ring (bicyclic) bond motifs is 1. The highest BCUT2D eigenvalue weighted by Crippen LogP contribution is 2.79. The number of amides is 2. The number of aryl methyl sites for hydroxylation is 2. The SMILES string of the molecule is CC1=NN(c2ccc(C)cc2)C(=O)[C@@]12C(c1ccccc1Cl)[C@@]21C(=O)N(c2ccc(C)cc2)N=C1C. The van der Waals surface area contributed by atoms with E-state index in [1.165, 1.54) is 10.0 Å². The van der Waals surface area contributed by atoms with Crippen molar-refractivity contribution in [3.63, 3.8) is 0 Å². The van der Waals surface area contributed by atoms with Gasteiger partial charge in [-0.15, -0.1) is 0 Å². The average molecular weight is 497 g/mol. The van der Waals surface area contributed by atoms with Crippen molar-refractivity contribution in [3.8, 4) is 0 Å². The monoisotopic (exact) mass is 496 g/mol. The topological polar surface area (TPSA) is 65.3 Å². The number of benzene rings is 3. The van der Waals surface area contributed by atoms with E-state index < -0.39 is 16.7 Å². The molecule has 1 aliphatic carbocycles. The highest BCUT2D eigenvalue weighted by Gasteiger charge is 2.91. The van der Waals surface area contributed by atoms with E-state index in [4.69, 9.17) is 21.8 Å². The fourth-order valence-electron chi connectivity index (χ4n) is 6.14. The van der Waals surface area contributed by atoms with Gasteiger partial charge in [-0.25, -0.2) is 0 Å². The van der Waals surface area contributed by atoms with E-state index in [1.54, 1.807) is 6.07 Å². The number of rotatable bonds is 3. The van der Waals surface area contributed by atoms with Crippen molar-refractivity contribution in [1.29, 1.82) is 0 Å². The molecule has 6 nitrogen and oxygen atoms in total. The quantitative estimate of drug-likeness (QED) is 0.455. The Morgan fingerprint density at radius 3 is 1.50 bits per heavy atom. The standard InChI is InChI=1S/C29H25ClN4O2/c1-17-9-13-21(14-10-17)33-26(35)28(19(3)31-33)25(23-7-5-6-8-24(23)30)29(28)20(4)32-34(27(29)36)22-15-11-18(2)12-16-22/h5-16,25H,1-4H3/t28-,29-/m0/s1. The van der Waals surface area contributed by atoms with Crippen molar-refractivity contribution in [2.75, 3.05) is 10.0 Å². The van der Waals surface area contributed by atoms with Crippen molar-refractivity contribution in [2.24, 2.45) is 21.0 Å². The fraction of sp³-hybridized carbons (Fsp3) is 0.241. The maximum absolute atomic E-state index is 14.4. The maximum atomic E-state index is 14.4. The fourth-order valence-corrected chi connectivity index (χ4v) is 6.38. The molecule has 2 heterocycles. The maximum Gasteiger partial charge on any atom is 0.261 e. The van der Waals surface area contributed by atoms with E-state index >= 15 is 0 Å². The van der Waals surface area contributed by atoms with Crippen molar-refractivity contribution in [3.05, 3.63) is 94.5 Å². The lowest BCUT2D eigenvalue weighted by molar-refractivity contribution is -0.126. The molecule has 2 amide bonds. The van der Waals surface area contributed by atoms with Gasteiger partial charge in [0.2, 0.25) is 0 Å². The molecule has 2 spiro atoms. The molecule has 1 fully saturated rings. The molecule has 0 aromatic heterocycles. The second-order valence-corrected chi connectivity index (χ2v) is 10.3. The van der Waals surface area contributed by atoms with Crippen LogP contribution in [-0.4, -0.2) is 23.2 Å². The number of anilines is 2. The molecular weight excluding hydrogens is 472 g/mol. The molecule has 3 aliphatic rings. The molecule has 0 radical (unpaired) electrons. The Hall–Kier alpha value is -3.77. The van der Waals surface area contributed by atoms with Crippen LogP contribution in [0.25, 0.3) is 0 Å². The molecule has 3 aromatic rings. The van der Waals surface area contributed by atoms with E-state index in [0.717, 1.165) is 16.7 Å². The van der Waals surface area contributed by atoms with Crippen LogP contribution >= 0.6 is 11.6 Å². The third-order valence-corrected chi connectivity index (χ3v) is 8.22. The number of nitrogens with zero attached hydrogens (tertiary/aromatic N) is 4. The molecule has 7 heteroatoms. The van der Waals surface area contributed by atoms with Crippen LogP contribution in [0.1, 0.15) is 36.5 Å². The second kappa shape index (κ2) is 7.61. The molecule has 2 aliphatic heterocycles. The van der Waals surface area contributed by atoms with Gasteiger partial charge in [-0.2, -0.15) is 20.2 Å². The first-order valence-corrected chi connectivity index (χ1v) is 12.3. The Morgan fingerprint density at radius 2 is 1.08 bits per heavy atom. The summed E-state index contributed by atoms with van der Waals surface area (Å²) >= 11 is 6.69. The first kappa shape index (κ1) is 22.7. The van der Waals surface area contributed by atoms with Crippen LogP contribution < -0.4 is 10.0 Å². The van der Waals surface area contributed by atoms with Crippen LogP contribution in [0.2, 0.25) is 5.02 Å². The van der Waals surface area contributed by atoms with Gasteiger partial charge < -0.3 is 0 Å². The molecule has 0 N–H and O–H groups in total. The molecule has 0 unspecified atom stereocenters. The molecule has 0 bridgehead atoms. The number of carbonyl (C=O) groups is 2. The van der Waals surface area contributed by atoms with Crippen molar-refractivity contribution < 1.29 is 9.59 Å². The number of hydrogen-bond acceptors (Lipinski definition) is 4. The summed E-state index contributed by atoms with van der Waals surface area (Å²) in [6.45, 7) is 7.65. The molecule has 6 rings (SSSR count). The Bertz CT molecular complexity index is 1400. The highest BCUT2D eigenvalue weighted by atomic mass is 35.5. The van der Waals surface area contributed by atoms with E-state index in [9.17, 15) is 9.59 Å². The lowest BCUT2D eigenvalue weighted by Crippen LogP contribution is -2.40. The van der Waals surface area contributed by atoms with Crippen LogP contribution in [0.15, 0.2) is 83.0 Å². The van der Waals surface area contributed by atoms with Gasteiger partial charge in [0, 0.05) is 10.9 Å². The predicted octanol–water partition coefficient (Wildman–Crippen LogP) is 5.87. The molecule has 36 heavy (non-hydrogen) atoms. The Labute approximate surface area is 214 Å². The van der Waals surface area contributed by atoms with E-state index in [-0.39, 0.29) is 11.8 Å². The largest absolute Gasteiger partial charge is 0.271 e. The third kappa shape index (κ3) is 2.68. The van der Waals surface area contributed by atoms with Gasteiger partial charge in [-0.3, -0.25) is 9.59 Å². The van der Waals surface area contributed by atoms with Gasteiger partial charge in [0.05, 0.1) is 22.8 Å². The lowest BCUT2D eigenvalue weighted by atomic mass is 9.85. The van der Waals surface area contributed by atoms with Gasteiger partial charge in [0.15, 0.2) is 0 Å². The zero-order valence-corrected chi connectivity index (χ0v) is 21.2. The average Bonchev–Trinajstić information content (AvgIpc) is 3.33. The van der Waals surface area contributed by atoms with Crippen molar-refractivity contribution >= 4 is 46.2 Å². The van der Waals surface area contributed by atoms with Crippen LogP contribution in [0.4, 0.5) is 11.4 Å². The van der Waals surface area contributed by atoms with Gasteiger partial charge in [0.1, 0.15) is 10.8 Å². The Balaban J connectivity index is 1.53. The molecule has 0 saturated heterocycles. The van der Waals surface area contributed by atoms with Crippen LogP contribution in [-0.2, 0) is 9.59 Å². The summed E-state index contributed by atoms with van der Waals surface area (Å²) in [4.78, 5) is 28.7. The Kier molecular flexibility index (Phi) is 4.80. The van der Waals surface area contributed by atoms with Gasteiger partial charge in [-0.05, 0) is 63.6 Å². The summed E-state index contributed by atoms with van der Waals surface area (Å²) in [5.74, 6) is -0.984.